The molecule has 0 saturated heterocycles. The van der Waals surface area contributed by atoms with Gasteiger partial charge in [0.25, 0.3) is 0 Å². The summed E-state index contributed by atoms with van der Waals surface area (Å²) in [4.78, 5) is -1.36. The average molecular weight is 269 g/mol. The van der Waals surface area contributed by atoms with E-state index in [1.165, 1.54) is 0 Å². The first-order valence-corrected chi connectivity index (χ1v) is 6.34. The predicted octanol–water partition coefficient (Wildman–Crippen LogP) is 0.500. The Morgan fingerprint density at radius 2 is 1.88 bits per heavy atom. The summed E-state index contributed by atoms with van der Waals surface area (Å²) >= 11 is 0. The Morgan fingerprint density at radius 1 is 1.35 bits per heavy atom. The van der Waals surface area contributed by atoms with E-state index in [2.05, 4.69) is 0 Å². The molecule has 1 aromatic carbocycles. The van der Waals surface area contributed by atoms with Crippen molar-refractivity contribution in [3.05, 3.63) is 29.1 Å². The molecule has 0 spiro atoms. The number of rotatable bonds is 3. The summed E-state index contributed by atoms with van der Waals surface area (Å²) in [6.45, 7) is -0.450. The Hall–Kier alpha value is -1.12. The van der Waals surface area contributed by atoms with Crippen molar-refractivity contribution < 1.29 is 26.7 Å². The van der Waals surface area contributed by atoms with E-state index in [9.17, 15) is 26.7 Å². The van der Waals surface area contributed by atoms with Crippen LogP contribution in [0.5, 0.6) is 0 Å². The van der Waals surface area contributed by atoms with E-state index in [0.29, 0.717) is 12.3 Å². The second-order valence-electron chi connectivity index (χ2n) is 3.43. The van der Waals surface area contributed by atoms with Crippen molar-refractivity contribution in [2.45, 2.75) is 11.0 Å². The van der Waals surface area contributed by atoms with Crippen LogP contribution in [0.1, 0.15) is 11.7 Å². The number of aliphatic hydroxyl groups is 1. The molecule has 8 heteroatoms. The van der Waals surface area contributed by atoms with E-state index in [-0.39, 0.29) is 0 Å². The Morgan fingerprint density at radius 3 is 2.29 bits per heavy atom. The molecule has 96 valence electrons. The van der Waals surface area contributed by atoms with Crippen molar-refractivity contribution >= 4 is 9.84 Å². The van der Waals surface area contributed by atoms with Crippen molar-refractivity contribution in [2.24, 2.45) is 5.73 Å². The lowest BCUT2D eigenvalue weighted by molar-refractivity contribution is 0.179. The molecule has 1 atom stereocenters. The quantitative estimate of drug-likeness (QED) is 0.783. The molecule has 4 nitrogen and oxygen atoms in total. The van der Waals surface area contributed by atoms with Gasteiger partial charge < -0.3 is 10.8 Å². The van der Waals surface area contributed by atoms with Crippen LogP contribution < -0.4 is 5.73 Å². The molecule has 0 aliphatic carbocycles. The molecule has 0 aliphatic heterocycles. The highest BCUT2D eigenvalue weighted by atomic mass is 32.2. The Labute approximate surface area is 95.8 Å². The van der Waals surface area contributed by atoms with Gasteiger partial charge in [0.2, 0.25) is 0 Å². The third-order valence-electron chi connectivity index (χ3n) is 2.10. The number of hydrogen-bond acceptors (Lipinski definition) is 4. The van der Waals surface area contributed by atoms with Crippen LogP contribution in [0.3, 0.4) is 0 Å². The number of benzene rings is 1. The van der Waals surface area contributed by atoms with Crippen LogP contribution in [-0.2, 0) is 9.84 Å². The SMILES string of the molecule is CS(=O)(=O)c1c(F)cc(C(O)CN)c(F)c1F. The lowest BCUT2D eigenvalue weighted by Crippen LogP contribution is -2.16. The second-order valence-corrected chi connectivity index (χ2v) is 5.38. The van der Waals surface area contributed by atoms with E-state index in [1.807, 2.05) is 0 Å². The van der Waals surface area contributed by atoms with E-state index in [0.717, 1.165) is 0 Å². The smallest absolute Gasteiger partial charge is 0.181 e. The molecular formula is C9H10F3NO3S. The standard InChI is InChI=1S/C9H10F3NO3S/c1-17(15,16)9-5(10)2-4(6(14)3-13)7(11)8(9)12/h2,6,14H,3,13H2,1H3. The number of hydrogen-bond donors (Lipinski definition) is 2. The number of halogens is 3. The molecule has 0 saturated carbocycles. The van der Waals surface area contributed by atoms with Gasteiger partial charge in [0.15, 0.2) is 21.5 Å². The van der Waals surface area contributed by atoms with Gasteiger partial charge in [0.05, 0.1) is 6.10 Å². The average Bonchev–Trinajstić information content (AvgIpc) is 2.20. The molecule has 0 aromatic heterocycles. The number of aliphatic hydroxyl groups excluding tert-OH is 1. The third-order valence-corrected chi connectivity index (χ3v) is 3.21. The first-order valence-electron chi connectivity index (χ1n) is 4.45. The summed E-state index contributed by atoms with van der Waals surface area (Å²) in [5.74, 6) is -4.94. The molecule has 0 aliphatic rings. The minimum absolute atomic E-state index is 0.423. The lowest BCUT2D eigenvalue weighted by Gasteiger charge is -2.12. The van der Waals surface area contributed by atoms with Gasteiger partial charge in [-0.25, -0.2) is 21.6 Å². The van der Waals surface area contributed by atoms with E-state index in [4.69, 9.17) is 5.73 Å². The highest BCUT2D eigenvalue weighted by molar-refractivity contribution is 7.90. The van der Waals surface area contributed by atoms with E-state index >= 15 is 0 Å². The van der Waals surface area contributed by atoms with Gasteiger partial charge in [0.1, 0.15) is 10.7 Å². The molecule has 0 heterocycles. The summed E-state index contributed by atoms with van der Waals surface area (Å²) in [6.07, 6.45) is -1.06. The lowest BCUT2D eigenvalue weighted by atomic mass is 10.1. The molecule has 3 N–H and O–H groups in total. The monoisotopic (exact) mass is 269 g/mol. The zero-order valence-electron chi connectivity index (χ0n) is 8.75. The first kappa shape index (κ1) is 13.9. The van der Waals surface area contributed by atoms with E-state index < -0.39 is 50.4 Å². The molecule has 0 fully saturated rings. The van der Waals surface area contributed by atoms with Crippen LogP contribution >= 0.6 is 0 Å². The Balaban J connectivity index is 3.59. The predicted molar refractivity (Wildman–Crippen MR) is 53.4 cm³/mol. The largest absolute Gasteiger partial charge is 0.387 e. The van der Waals surface area contributed by atoms with Crippen molar-refractivity contribution in [1.29, 1.82) is 0 Å². The van der Waals surface area contributed by atoms with E-state index in [1.54, 1.807) is 0 Å². The van der Waals surface area contributed by atoms with Gasteiger partial charge in [0, 0.05) is 18.4 Å². The van der Waals surface area contributed by atoms with Crippen LogP contribution in [-0.4, -0.2) is 26.3 Å². The Bertz CT molecular complexity index is 545. The summed E-state index contributed by atoms with van der Waals surface area (Å²) in [7, 11) is -4.24. The first-order chi connectivity index (χ1) is 7.70. The maximum Gasteiger partial charge on any atom is 0.181 e. The zero-order chi connectivity index (χ0) is 13.4. The maximum atomic E-state index is 13.4. The highest BCUT2D eigenvalue weighted by Crippen LogP contribution is 2.27. The van der Waals surface area contributed by atoms with Crippen molar-refractivity contribution in [1.82, 2.24) is 0 Å². The third kappa shape index (κ3) is 2.59. The maximum absolute atomic E-state index is 13.4. The van der Waals surface area contributed by atoms with Gasteiger partial charge in [-0.05, 0) is 6.07 Å². The molecular weight excluding hydrogens is 259 g/mol. The molecule has 1 aromatic rings. The minimum atomic E-state index is -4.24. The van der Waals surface area contributed by atoms with Gasteiger partial charge in [-0.3, -0.25) is 0 Å². The summed E-state index contributed by atoms with van der Waals surface area (Å²) in [5.41, 5.74) is 4.30. The summed E-state index contributed by atoms with van der Waals surface area (Å²) in [5, 5.41) is 9.20. The van der Waals surface area contributed by atoms with Crippen LogP contribution in [0.4, 0.5) is 13.2 Å². The van der Waals surface area contributed by atoms with Crippen molar-refractivity contribution in [2.75, 3.05) is 12.8 Å². The molecule has 1 unspecified atom stereocenters. The van der Waals surface area contributed by atoms with Crippen molar-refractivity contribution in [3.63, 3.8) is 0 Å². The second kappa shape index (κ2) is 4.63. The minimum Gasteiger partial charge on any atom is -0.387 e. The van der Waals surface area contributed by atoms with Crippen LogP contribution in [0.25, 0.3) is 0 Å². The molecule has 0 bridgehead atoms. The van der Waals surface area contributed by atoms with Gasteiger partial charge >= 0.3 is 0 Å². The van der Waals surface area contributed by atoms with Gasteiger partial charge in [-0.15, -0.1) is 0 Å². The normalized spacial score (nSPS) is 13.8. The fraction of sp³-hybridized carbons (Fsp3) is 0.333. The topological polar surface area (TPSA) is 80.4 Å². The molecule has 0 radical (unpaired) electrons. The molecule has 17 heavy (non-hydrogen) atoms. The summed E-state index contributed by atoms with van der Waals surface area (Å²) in [6, 6.07) is 0.423. The highest BCUT2D eigenvalue weighted by Gasteiger charge is 2.27. The summed E-state index contributed by atoms with van der Waals surface area (Å²) < 4.78 is 62.2. The number of nitrogens with two attached hydrogens (primary N) is 1. The molecule has 0 amide bonds. The fourth-order valence-electron chi connectivity index (χ4n) is 1.31. The number of sulfone groups is 1. The fourth-order valence-corrected chi connectivity index (χ4v) is 2.13. The van der Waals surface area contributed by atoms with Crippen LogP contribution in [0.2, 0.25) is 0 Å². The van der Waals surface area contributed by atoms with Gasteiger partial charge in [-0.1, -0.05) is 0 Å². The van der Waals surface area contributed by atoms with Crippen LogP contribution in [0, 0.1) is 17.5 Å². The van der Waals surface area contributed by atoms with Crippen LogP contribution in [0.15, 0.2) is 11.0 Å². The zero-order valence-corrected chi connectivity index (χ0v) is 9.56. The molecule has 1 rings (SSSR count). The van der Waals surface area contributed by atoms with Gasteiger partial charge in [-0.2, -0.15) is 0 Å². The van der Waals surface area contributed by atoms with Crippen molar-refractivity contribution in [3.8, 4) is 0 Å². The Kier molecular flexibility index (Phi) is 3.80.